The predicted molar refractivity (Wildman–Crippen MR) is 102 cm³/mol. The van der Waals surface area contributed by atoms with E-state index in [0.29, 0.717) is 43.5 Å². The monoisotopic (exact) mass is 382 g/mol. The molecule has 0 fully saturated rings. The van der Waals surface area contributed by atoms with E-state index >= 15 is 0 Å². The summed E-state index contributed by atoms with van der Waals surface area (Å²) in [5, 5.41) is 10.6. The van der Waals surface area contributed by atoms with Gasteiger partial charge in [0, 0.05) is 57.7 Å². The maximum Gasteiger partial charge on any atom is 0.271 e. The van der Waals surface area contributed by atoms with E-state index in [4.69, 9.17) is 5.73 Å². The first-order valence-corrected chi connectivity index (χ1v) is 9.21. The van der Waals surface area contributed by atoms with E-state index in [2.05, 4.69) is 35.5 Å². The van der Waals surface area contributed by atoms with Crippen molar-refractivity contribution in [3.63, 3.8) is 0 Å². The number of hydrogen-bond acceptors (Lipinski definition) is 8. The van der Waals surface area contributed by atoms with Crippen LogP contribution in [0.25, 0.3) is 0 Å². The molecule has 1 amide bonds. The summed E-state index contributed by atoms with van der Waals surface area (Å²) >= 11 is 0. The normalized spacial score (nSPS) is 13.8. The lowest BCUT2D eigenvalue weighted by atomic mass is 10.3. The van der Waals surface area contributed by atoms with Gasteiger partial charge in [-0.05, 0) is 12.5 Å². The average Bonchev–Trinajstić information content (AvgIpc) is 3.31. The number of anilines is 2. The van der Waals surface area contributed by atoms with Crippen molar-refractivity contribution in [3.8, 4) is 0 Å². The second kappa shape index (κ2) is 8.03. The highest BCUT2D eigenvalue weighted by molar-refractivity contribution is 5.92. The molecule has 0 saturated carbocycles. The Hall–Kier alpha value is -3.50. The van der Waals surface area contributed by atoms with Crippen molar-refractivity contribution in [2.45, 2.75) is 25.9 Å². The molecule has 0 aromatic carbocycles. The van der Waals surface area contributed by atoms with Gasteiger partial charge in [-0.2, -0.15) is 4.98 Å². The molecule has 4 heterocycles. The molecule has 28 heavy (non-hydrogen) atoms. The molecule has 0 atom stereocenters. The molecule has 1 aliphatic rings. The largest absolute Gasteiger partial charge is 0.384 e. The number of hydrogen-bond donors (Lipinski definition) is 2. The molecule has 0 aliphatic carbocycles. The highest BCUT2D eigenvalue weighted by Gasteiger charge is 2.20. The van der Waals surface area contributed by atoms with Gasteiger partial charge in [-0.1, -0.05) is 5.21 Å². The number of rotatable bonds is 6. The fourth-order valence-corrected chi connectivity index (χ4v) is 3.13. The van der Waals surface area contributed by atoms with Gasteiger partial charge in [0.2, 0.25) is 5.95 Å². The van der Waals surface area contributed by atoms with E-state index in [1.165, 1.54) is 0 Å². The highest BCUT2D eigenvalue weighted by Crippen LogP contribution is 2.15. The summed E-state index contributed by atoms with van der Waals surface area (Å²) in [5.74, 6) is 1.81. The van der Waals surface area contributed by atoms with Crippen LogP contribution in [0.1, 0.15) is 22.7 Å². The van der Waals surface area contributed by atoms with Crippen molar-refractivity contribution < 1.29 is 4.79 Å². The third kappa shape index (κ3) is 4.08. The molecular formula is C17H22N10O. The third-order valence-corrected chi connectivity index (χ3v) is 4.58. The molecule has 0 spiro atoms. The Morgan fingerprint density at radius 1 is 1.21 bits per heavy atom. The quantitative estimate of drug-likeness (QED) is 0.557. The Morgan fingerprint density at radius 2 is 2.14 bits per heavy atom. The lowest BCUT2D eigenvalue weighted by molar-refractivity contribution is 0.0948. The summed E-state index contributed by atoms with van der Waals surface area (Å²) in [4.78, 5) is 27.5. The van der Waals surface area contributed by atoms with E-state index in [9.17, 15) is 4.79 Å². The summed E-state index contributed by atoms with van der Waals surface area (Å²) in [6.07, 6.45) is 8.39. The molecular weight excluding hydrogens is 360 g/mol. The predicted octanol–water partition coefficient (Wildman–Crippen LogP) is -0.270. The zero-order valence-electron chi connectivity index (χ0n) is 15.4. The maximum atomic E-state index is 12.4. The minimum absolute atomic E-state index is 0.157. The first-order chi connectivity index (χ1) is 13.7. The van der Waals surface area contributed by atoms with Gasteiger partial charge in [-0.15, -0.1) is 5.10 Å². The fourth-order valence-electron chi connectivity index (χ4n) is 3.13. The molecule has 1 aliphatic heterocycles. The lowest BCUT2D eigenvalue weighted by Crippen LogP contribution is -2.29. The van der Waals surface area contributed by atoms with E-state index < -0.39 is 0 Å². The molecule has 3 aromatic rings. The molecule has 0 saturated heterocycles. The number of carbonyl (C=O) groups is 1. The molecule has 3 N–H and O–H groups in total. The molecule has 3 aromatic heterocycles. The van der Waals surface area contributed by atoms with Crippen molar-refractivity contribution >= 4 is 17.7 Å². The highest BCUT2D eigenvalue weighted by atomic mass is 16.1. The molecule has 0 unspecified atom stereocenters. The summed E-state index contributed by atoms with van der Waals surface area (Å²) in [7, 11) is 0. The van der Waals surface area contributed by atoms with Gasteiger partial charge < -0.3 is 20.5 Å². The van der Waals surface area contributed by atoms with E-state index in [-0.39, 0.29) is 5.91 Å². The Kier molecular flexibility index (Phi) is 5.13. The first kappa shape index (κ1) is 17.9. The lowest BCUT2D eigenvalue weighted by Gasteiger charge is -2.19. The number of aryl methyl sites for hydroxylation is 1. The first-order valence-electron chi connectivity index (χ1n) is 9.21. The molecule has 0 radical (unpaired) electrons. The van der Waals surface area contributed by atoms with Crippen LogP contribution in [0.4, 0.5) is 11.8 Å². The van der Waals surface area contributed by atoms with Crippen LogP contribution in [0.15, 0.2) is 30.9 Å². The zero-order valence-corrected chi connectivity index (χ0v) is 15.4. The van der Waals surface area contributed by atoms with E-state index in [0.717, 1.165) is 25.3 Å². The summed E-state index contributed by atoms with van der Waals surface area (Å²) in [6.45, 7) is 3.43. The Bertz CT molecular complexity index is 910. The molecule has 11 heteroatoms. The van der Waals surface area contributed by atoms with Crippen LogP contribution in [-0.2, 0) is 19.5 Å². The molecule has 0 bridgehead atoms. The van der Waals surface area contributed by atoms with Crippen molar-refractivity contribution in [2.24, 2.45) is 0 Å². The number of aromatic nitrogens is 7. The molecule has 146 valence electrons. The van der Waals surface area contributed by atoms with Gasteiger partial charge in [0.1, 0.15) is 17.3 Å². The SMILES string of the molecule is Nc1ccnc(N2CCc3nc(C(=O)NCCCn4ccnn4)cn3CC2)n1. The van der Waals surface area contributed by atoms with Gasteiger partial charge in [-0.3, -0.25) is 9.48 Å². The number of fused-ring (bicyclic) bond motifs is 1. The van der Waals surface area contributed by atoms with Crippen LogP contribution >= 0.6 is 0 Å². The van der Waals surface area contributed by atoms with Crippen LogP contribution in [-0.4, -0.2) is 60.1 Å². The number of nitrogens with two attached hydrogens (primary N) is 1. The van der Waals surface area contributed by atoms with Crippen molar-refractivity contribution in [1.29, 1.82) is 0 Å². The Morgan fingerprint density at radius 3 is 2.96 bits per heavy atom. The number of nitrogens with one attached hydrogen (secondary N) is 1. The minimum Gasteiger partial charge on any atom is -0.384 e. The van der Waals surface area contributed by atoms with Crippen molar-refractivity contribution in [3.05, 3.63) is 42.4 Å². The smallest absolute Gasteiger partial charge is 0.271 e. The topological polar surface area (TPSA) is 133 Å². The van der Waals surface area contributed by atoms with Crippen LogP contribution < -0.4 is 16.0 Å². The van der Waals surface area contributed by atoms with Crippen molar-refractivity contribution in [2.75, 3.05) is 30.3 Å². The third-order valence-electron chi connectivity index (χ3n) is 4.58. The number of imidazole rings is 1. The van der Waals surface area contributed by atoms with Gasteiger partial charge in [0.15, 0.2) is 0 Å². The Balaban J connectivity index is 1.31. The number of nitrogen functional groups attached to an aromatic ring is 1. The average molecular weight is 382 g/mol. The van der Waals surface area contributed by atoms with Gasteiger partial charge >= 0.3 is 0 Å². The summed E-state index contributed by atoms with van der Waals surface area (Å²) < 4.78 is 3.76. The second-order valence-electron chi connectivity index (χ2n) is 6.53. The van der Waals surface area contributed by atoms with Crippen LogP contribution in [0.2, 0.25) is 0 Å². The van der Waals surface area contributed by atoms with Crippen molar-refractivity contribution in [1.82, 2.24) is 39.8 Å². The second-order valence-corrected chi connectivity index (χ2v) is 6.53. The number of carbonyl (C=O) groups excluding carboxylic acids is 1. The van der Waals surface area contributed by atoms with Gasteiger partial charge in [0.05, 0.1) is 6.20 Å². The van der Waals surface area contributed by atoms with E-state index in [1.54, 1.807) is 29.3 Å². The van der Waals surface area contributed by atoms with Crippen LogP contribution in [0, 0.1) is 0 Å². The number of amides is 1. The van der Waals surface area contributed by atoms with Gasteiger partial charge in [-0.25, -0.2) is 9.97 Å². The van der Waals surface area contributed by atoms with Gasteiger partial charge in [0.25, 0.3) is 5.91 Å². The minimum atomic E-state index is -0.157. The molecule has 4 rings (SSSR count). The molecule has 11 nitrogen and oxygen atoms in total. The number of nitrogens with zero attached hydrogens (tertiary/aromatic N) is 8. The zero-order chi connectivity index (χ0) is 19.3. The fraction of sp³-hybridized carbons (Fsp3) is 0.412. The van der Waals surface area contributed by atoms with Crippen LogP contribution in [0.3, 0.4) is 0 Å². The standard InChI is InChI=1S/C17H22N10O/c18-14-2-5-20-17(23-14)25-8-3-15-22-13(12-26(15)11-10-25)16(28)19-4-1-7-27-9-6-21-24-27/h2,5-6,9,12H,1,3-4,7-8,10-11H2,(H,19,28)(H2,18,20,23). The van der Waals surface area contributed by atoms with Crippen LogP contribution in [0.5, 0.6) is 0 Å². The Labute approximate surface area is 161 Å². The van der Waals surface area contributed by atoms with E-state index in [1.807, 2.05) is 10.8 Å². The maximum absolute atomic E-state index is 12.4. The summed E-state index contributed by atoms with van der Waals surface area (Å²) in [6, 6.07) is 1.67. The summed E-state index contributed by atoms with van der Waals surface area (Å²) in [5.41, 5.74) is 6.20.